The first-order valence-electron chi connectivity index (χ1n) is 7.47. The number of aliphatic hydroxyl groups excluding tert-OH is 1. The summed E-state index contributed by atoms with van der Waals surface area (Å²) in [5.41, 5.74) is 0.0825. The molecule has 4 nitrogen and oxygen atoms in total. The summed E-state index contributed by atoms with van der Waals surface area (Å²) in [6.45, 7) is 6.86. The van der Waals surface area contributed by atoms with E-state index >= 15 is 0 Å². The van der Waals surface area contributed by atoms with Crippen molar-refractivity contribution in [2.75, 3.05) is 53.7 Å². The van der Waals surface area contributed by atoms with Crippen molar-refractivity contribution in [3.8, 4) is 0 Å². The lowest BCUT2D eigenvalue weighted by Gasteiger charge is -2.42. The smallest absolute Gasteiger partial charge is 0.0589 e. The highest BCUT2D eigenvalue weighted by Crippen LogP contribution is 2.39. The van der Waals surface area contributed by atoms with Crippen LogP contribution in [0.25, 0.3) is 0 Å². The molecule has 1 saturated carbocycles. The van der Waals surface area contributed by atoms with Gasteiger partial charge < -0.3 is 14.6 Å². The van der Waals surface area contributed by atoms with Crippen molar-refractivity contribution >= 4 is 0 Å². The third-order valence-corrected chi connectivity index (χ3v) is 4.30. The van der Waals surface area contributed by atoms with E-state index in [0.717, 1.165) is 51.6 Å². The van der Waals surface area contributed by atoms with Crippen LogP contribution in [0.5, 0.6) is 0 Å². The molecular weight excluding hydrogens is 242 g/mol. The number of aliphatic hydroxyl groups is 1. The summed E-state index contributed by atoms with van der Waals surface area (Å²) < 4.78 is 10.4. The van der Waals surface area contributed by atoms with E-state index < -0.39 is 0 Å². The molecule has 0 saturated heterocycles. The summed E-state index contributed by atoms with van der Waals surface area (Å²) in [7, 11) is 3.47. The van der Waals surface area contributed by atoms with Crippen molar-refractivity contribution in [2.24, 2.45) is 11.3 Å². The van der Waals surface area contributed by atoms with Crippen LogP contribution in [0, 0.1) is 11.3 Å². The van der Waals surface area contributed by atoms with E-state index in [1.54, 1.807) is 14.2 Å². The molecule has 2 unspecified atom stereocenters. The summed E-state index contributed by atoms with van der Waals surface area (Å²) in [5, 5.41) is 9.87. The summed E-state index contributed by atoms with van der Waals surface area (Å²) in [4.78, 5) is 2.38. The fraction of sp³-hybridized carbons (Fsp3) is 1.00. The van der Waals surface area contributed by atoms with Crippen LogP contribution in [0.15, 0.2) is 0 Å². The second-order valence-corrected chi connectivity index (χ2v) is 6.12. The van der Waals surface area contributed by atoms with E-state index in [9.17, 15) is 5.11 Å². The van der Waals surface area contributed by atoms with Gasteiger partial charge in [0.2, 0.25) is 0 Å². The van der Waals surface area contributed by atoms with Gasteiger partial charge >= 0.3 is 0 Å². The molecule has 0 spiro atoms. The number of ether oxygens (including phenoxy) is 2. The maximum absolute atomic E-state index is 9.87. The van der Waals surface area contributed by atoms with Crippen molar-refractivity contribution in [3.63, 3.8) is 0 Å². The van der Waals surface area contributed by atoms with Gasteiger partial charge in [0.15, 0.2) is 0 Å². The number of hydrogen-bond acceptors (Lipinski definition) is 4. The Labute approximate surface area is 118 Å². The maximum Gasteiger partial charge on any atom is 0.0589 e. The quantitative estimate of drug-likeness (QED) is 0.695. The normalized spacial score (nSPS) is 27.9. The average molecular weight is 273 g/mol. The predicted octanol–water partition coefficient (Wildman–Crippen LogP) is 1.77. The summed E-state index contributed by atoms with van der Waals surface area (Å²) in [6, 6.07) is 0. The van der Waals surface area contributed by atoms with E-state index in [2.05, 4.69) is 11.8 Å². The number of nitrogens with zero attached hydrogens (tertiary/aromatic N) is 1. The Kier molecular flexibility index (Phi) is 7.91. The largest absolute Gasteiger partial charge is 0.396 e. The lowest BCUT2D eigenvalue weighted by Crippen LogP contribution is -2.45. The lowest BCUT2D eigenvalue weighted by molar-refractivity contribution is 0.00990. The van der Waals surface area contributed by atoms with Crippen molar-refractivity contribution in [1.29, 1.82) is 0 Å². The predicted molar refractivity (Wildman–Crippen MR) is 77.3 cm³/mol. The van der Waals surface area contributed by atoms with Crippen molar-refractivity contribution in [2.45, 2.75) is 32.6 Å². The minimum Gasteiger partial charge on any atom is -0.396 e. The summed E-state index contributed by atoms with van der Waals surface area (Å²) >= 11 is 0. The van der Waals surface area contributed by atoms with Crippen LogP contribution in [0.1, 0.15) is 32.6 Å². The molecule has 0 aliphatic heterocycles. The van der Waals surface area contributed by atoms with Crippen molar-refractivity contribution in [3.05, 3.63) is 0 Å². The first-order chi connectivity index (χ1) is 9.15. The molecule has 1 fully saturated rings. The molecule has 0 heterocycles. The molecule has 1 rings (SSSR count). The Morgan fingerprint density at radius 1 is 1.21 bits per heavy atom. The van der Waals surface area contributed by atoms with Gasteiger partial charge in [-0.05, 0) is 18.8 Å². The van der Waals surface area contributed by atoms with Crippen LogP contribution in [-0.4, -0.2) is 63.7 Å². The van der Waals surface area contributed by atoms with Crippen LogP contribution < -0.4 is 0 Å². The number of rotatable bonds is 9. The second-order valence-electron chi connectivity index (χ2n) is 6.12. The zero-order valence-corrected chi connectivity index (χ0v) is 12.9. The fourth-order valence-corrected chi connectivity index (χ4v) is 3.29. The van der Waals surface area contributed by atoms with Gasteiger partial charge in [-0.1, -0.05) is 19.8 Å². The highest BCUT2D eigenvalue weighted by atomic mass is 16.5. The Bertz CT molecular complexity index is 229. The fourth-order valence-electron chi connectivity index (χ4n) is 3.29. The van der Waals surface area contributed by atoms with Gasteiger partial charge in [-0.25, -0.2) is 0 Å². The first-order valence-corrected chi connectivity index (χ1v) is 7.47. The van der Waals surface area contributed by atoms with Gasteiger partial charge in [0, 0.05) is 45.9 Å². The monoisotopic (exact) mass is 273 g/mol. The molecule has 0 amide bonds. The van der Waals surface area contributed by atoms with Gasteiger partial charge in [0.05, 0.1) is 13.2 Å². The maximum atomic E-state index is 9.87. The van der Waals surface area contributed by atoms with E-state index in [1.807, 2.05) is 0 Å². The van der Waals surface area contributed by atoms with Crippen molar-refractivity contribution in [1.82, 2.24) is 4.90 Å². The number of methoxy groups -OCH3 is 2. The lowest BCUT2D eigenvalue weighted by atomic mass is 9.70. The molecule has 1 aliphatic rings. The molecule has 4 heteroatoms. The minimum absolute atomic E-state index is 0.0825. The standard InChI is InChI=1S/C15H31NO3/c1-14-5-4-6-15(11-14,13-17)12-16(7-9-18-2)8-10-19-3/h14,17H,4-13H2,1-3H3. The van der Waals surface area contributed by atoms with Gasteiger partial charge in [0.1, 0.15) is 0 Å². The van der Waals surface area contributed by atoms with Gasteiger partial charge in [-0.3, -0.25) is 4.90 Å². The molecule has 0 radical (unpaired) electrons. The van der Waals surface area contributed by atoms with E-state index in [0.29, 0.717) is 6.61 Å². The Hall–Kier alpha value is -0.160. The molecule has 0 aromatic carbocycles. The van der Waals surface area contributed by atoms with E-state index in [4.69, 9.17) is 9.47 Å². The molecule has 0 aromatic heterocycles. The molecule has 114 valence electrons. The van der Waals surface area contributed by atoms with Crippen LogP contribution in [-0.2, 0) is 9.47 Å². The summed E-state index contributed by atoms with van der Waals surface area (Å²) in [5.74, 6) is 0.729. The van der Waals surface area contributed by atoms with Crippen LogP contribution in [0.2, 0.25) is 0 Å². The van der Waals surface area contributed by atoms with Crippen LogP contribution in [0.4, 0.5) is 0 Å². The third kappa shape index (κ3) is 5.78. The SMILES string of the molecule is COCCN(CCOC)CC1(CO)CCCC(C)C1. The Morgan fingerprint density at radius 2 is 1.84 bits per heavy atom. The molecule has 1 aliphatic carbocycles. The molecule has 19 heavy (non-hydrogen) atoms. The average Bonchev–Trinajstić information content (AvgIpc) is 2.42. The number of hydrogen-bond donors (Lipinski definition) is 1. The molecule has 2 atom stereocenters. The van der Waals surface area contributed by atoms with Crippen LogP contribution >= 0.6 is 0 Å². The Balaban J connectivity index is 2.56. The summed E-state index contributed by atoms with van der Waals surface area (Å²) in [6.07, 6.45) is 4.83. The zero-order valence-electron chi connectivity index (χ0n) is 12.9. The zero-order chi connectivity index (χ0) is 14.1. The minimum atomic E-state index is 0.0825. The van der Waals surface area contributed by atoms with Gasteiger partial charge in [0.25, 0.3) is 0 Å². The van der Waals surface area contributed by atoms with Crippen LogP contribution in [0.3, 0.4) is 0 Å². The molecular formula is C15H31NO3. The molecule has 1 N–H and O–H groups in total. The second kappa shape index (κ2) is 8.90. The Morgan fingerprint density at radius 3 is 2.32 bits per heavy atom. The van der Waals surface area contributed by atoms with E-state index in [1.165, 1.54) is 12.8 Å². The third-order valence-electron chi connectivity index (χ3n) is 4.30. The van der Waals surface area contributed by atoms with Gasteiger partial charge in [-0.15, -0.1) is 0 Å². The highest BCUT2D eigenvalue weighted by Gasteiger charge is 2.35. The topological polar surface area (TPSA) is 41.9 Å². The first kappa shape index (κ1) is 16.9. The highest BCUT2D eigenvalue weighted by molar-refractivity contribution is 4.87. The van der Waals surface area contributed by atoms with Crippen molar-refractivity contribution < 1.29 is 14.6 Å². The molecule has 0 bridgehead atoms. The van der Waals surface area contributed by atoms with Gasteiger partial charge in [-0.2, -0.15) is 0 Å². The molecule has 0 aromatic rings. The van der Waals surface area contributed by atoms with E-state index in [-0.39, 0.29) is 5.41 Å².